The van der Waals surface area contributed by atoms with Crippen molar-refractivity contribution in [2.75, 3.05) is 5.75 Å². The molecule has 1 N–H and O–H groups in total. The zero-order chi connectivity index (χ0) is 10.6. The minimum absolute atomic E-state index is 0.227. The second-order valence-corrected chi connectivity index (χ2v) is 4.55. The Bertz CT molecular complexity index is 304. The molecule has 0 aromatic carbocycles. The molecule has 0 spiro atoms. The van der Waals surface area contributed by atoms with Crippen LogP contribution in [0.15, 0.2) is 16.7 Å². The molecule has 0 bridgehead atoms. The van der Waals surface area contributed by atoms with Crippen LogP contribution < -0.4 is 0 Å². The molecule has 1 aromatic heterocycles. The molecule has 0 aliphatic carbocycles. The van der Waals surface area contributed by atoms with E-state index in [1.165, 1.54) is 6.26 Å². The summed E-state index contributed by atoms with van der Waals surface area (Å²) in [5, 5.41) is 8.64. The highest BCUT2D eigenvalue weighted by molar-refractivity contribution is 7.98. The fraction of sp³-hybridized carbons (Fsp3) is 0.500. The van der Waals surface area contributed by atoms with E-state index in [9.17, 15) is 4.79 Å². The van der Waals surface area contributed by atoms with E-state index in [0.717, 1.165) is 17.3 Å². The van der Waals surface area contributed by atoms with Gasteiger partial charge in [0.1, 0.15) is 12.0 Å². The molecule has 14 heavy (non-hydrogen) atoms. The molecule has 1 heterocycles. The van der Waals surface area contributed by atoms with Crippen molar-refractivity contribution in [1.29, 1.82) is 0 Å². The largest absolute Gasteiger partial charge is 0.478 e. The lowest BCUT2D eigenvalue weighted by molar-refractivity contribution is 0.0696. The van der Waals surface area contributed by atoms with Crippen molar-refractivity contribution < 1.29 is 14.3 Å². The molecule has 3 nitrogen and oxygen atoms in total. The van der Waals surface area contributed by atoms with Gasteiger partial charge in [0, 0.05) is 0 Å². The number of furan rings is 1. The first-order valence-corrected chi connectivity index (χ1v) is 5.63. The van der Waals surface area contributed by atoms with E-state index in [0.29, 0.717) is 5.92 Å². The minimum Gasteiger partial charge on any atom is -0.478 e. The predicted octanol–water partition coefficient (Wildman–Crippen LogP) is 2.87. The van der Waals surface area contributed by atoms with Crippen molar-refractivity contribution in [3.63, 3.8) is 0 Å². The third-order valence-corrected chi connectivity index (χ3v) is 2.99. The summed E-state index contributed by atoms with van der Waals surface area (Å²) in [5.41, 5.74) is 0.227. The first kappa shape index (κ1) is 11.2. The van der Waals surface area contributed by atoms with E-state index in [4.69, 9.17) is 9.52 Å². The molecule has 0 atom stereocenters. The standard InChI is InChI=1S/C10H14O3S/c1-7(2)5-14-6-9-3-8(4-13-9)10(11)12/h3-4,7H,5-6H2,1-2H3,(H,11,12). The van der Waals surface area contributed by atoms with Crippen molar-refractivity contribution >= 4 is 17.7 Å². The molecule has 0 fully saturated rings. The lowest BCUT2D eigenvalue weighted by Gasteiger charge is -2.01. The van der Waals surface area contributed by atoms with Crippen LogP contribution in [-0.4, -0.2) is 16.8 Å². The number of carboxylic acids is 1. The predicted molar refractivity (Wildman–Crippen MR) is 56.7 cm³/mol. The van der Waals surface area contributed by atoms with Gasteiger partial charge in [-0.15, -0.1) is 0 Å². The lowest BCUT2D eigenvalue weighted by atomic mass is 10.3. The van der Waals surface area contributed by atoms with Crippen LogP contribution in [0, 0.1) is 5.92 Å². The molecule has 78 valence electrons. The van der Waals surface area contributed by atoms with Crippen LogP contribution in [0.25, 0.3) is 0 Å². The van der Waals surface area contributed by atoms with Crippen LogP contribution in [0.4, 0.5) is 0 Å². The summed E-state index contributed by atoms with van der Waals surface area (Å²) in [7, 11) is 0. The van der Waals surface area contributed by atoms with Crippen LogP contribution in [0.3, 0.4) is 0 Å². The van der Waals surface area contributed by atoms with Gasteiger partial charge >= 0.3 is 5.97 Å². The number of carboxylic acid groups (broad SMARTS) is 1. The van der Waals surface area contributed by atoms with Gasteiger partial charge in [0.05, 0.1) is 11.3 Å². The number of hydrogen-bond acceptors (Lipinski definition) is 3. The van der Waals surface area contributed by atoms with Crippen molar-refractivity contribution in [1.82, 2.24) is 0 Å². The number of thioether (sulfide) groups is 1. The van der Waals surface area contributed by atoms with Gasteiger partial charge < -0.3 is 9.52 Å². The molecule has 0 aliphatic heterocycles. The zero-order valence-corrected chi connectivity index (χ0v) is 9.13. The Morgan fingerprint density at radius 3 is 2.86 bits per heavy atom. The van der Waals surface area contributed by atoms with Crippen LogP contribution >= 0.6 is 11.8 Å². The summed E-state index contributed by atoms with van der Waals surface area (Å²) in [6.45, 7) is 4.30. The third kappa shape index (κ3) is 3.46. The van der Waals surface area contributed by atoms with Gasteiger partial charge in [-0.1, -0.05) is 13.8 Å². The van der Waals surface area contributed by atoms with E-state index in [-0.39, 0.29) is 5.56 Å². The Balaban J connectivity index is 2.40. The summed E-state index contributed by atoms with van der Waals surface area (Å²) in [6.07, 6.45) is 1.29. The lowest BCUT2D eigenvalue weighted by Crippen LogP contribution is -1.92. The fourth-order valence-electron chi connectivity index (χ4n) is 0.964. The topological polar surface area (TPSA) is 50.4 Å². The molecule has 0 saturated carbocycles. The SMILES string of the molecule is CC(C)CSCc1cc(C(=O)O)co1. The molecule has 0 amide bonds. The maximum Gasteiger partial charge on any atom is 0.338 e. The second-order valence-electron chi connectivity index (χ2n) is 3.52. The summed E-state index contributed by atoms with van der Waals surface area (Å²) in [4.78, 5) is 10.5. The highest BCUT2D eigenvalue weighted by Gasteiger charge is 2.07. The zero-order valence-electron chi connectivity index (χ0n) is 8.32. The quantitative estimate of drug-likeness (QED) is 0.818. The van der Waals surface area contributed by atoms with Gasteiger partial charge in [-0.3, -0.25) is 0 Å². The number of rotatable bonds is 5. The van der Waals surface area contributed by atoms with Crippen molar-refractivity contribution in [2.24, 2.45) is 5.92 Å². The van der Waals surface area contributed by atoms with Crippen LogP contribution in [0.2, 0.25) is 0 Å². The first-order chi connectivity index (χ1) is 6.59. The molecule has 0 radical (unpaired) electrons. The normalized spacial score (nSPS) is 10.8. The Morgan fingerprint density at radius 1 is 1.64 bits per heavy atom. The average Bonchev–Trinajstić information content (AvgIpc) is 2.52. The molecule has 4 heteroatoms. The molecular weight excluding hydrogens is 200 g/mol. The van der Waals surface area contributed by atoms with Gasteiger partial charge in [0.2, 0.25) is 0 Å². The molecule has 1 rings (SSSR count). The maximum absolute atomic E-state index is 10.5. The molecule has 0 saturated heterocycles. The summed E-state index contributed by atoms with van der Waals surface area (Å²) in [6, 6.07) is 1.58. The van der Waals surface area contributed by atoms with E-state index in [2.05, 4.69) is 13.8 Å². The average molecular weight is 214 g/mol. The Kier molecular flexibility index (Phi) is 4.07. The van der Waals surface area contributed by atoms with Crippen molar-refractivity contribution in [3.05, 3.63) is 23.7 Å². The van der Waals surface area contributed by atoms with Crippen molar-refractivity contribution in [3.8, 4) is 0 Å². The maximum atomic E-state index is 10.5. The first-order valence-electron chi connectivity index (χ1n) is 4.48. The van der Waals surface area contributed by atoms with Crippen LogP contribution in [0.5, 0.6) is 0 Å². The van der Waals surface area contributed by atoms with E-state index < -0.39 is 5.97 Å². The monoisotopic (exact) mass is 214 g/mol. The van der Waals surface area contributed by atoms with Gasteiger partial charge in [0.25, 0.3) is 0 Å². The Labute approximate surface area is 87.5 Å². The molecule has 1 aromatic rings. The van der Waals surface area contributed by atoms with Gasteiger partial charge in [-0.25, -0.2) is 4.79 Å². The highest BCUT2D eigenvalue weighted by Crippen LogP contribution is 2.17. The van der Waals surface area contributed by atoms with Crippen LogP contribution in [-0.2, 0) is 5.75 Å². The Hall–Kier alpha value is -0.900. The number of aromatic carboxylic acids is 1. The third-order valence-electron chi connectivity index (χ3n) is 1.60. The summed E-state index contributed by atoms with van der Waals surface area (Å²) in [5.74, 6) is 2.24. The number of carbonyl (C=O) groups is 1. The summed E-state index contributed by atoms with van der Waals surface area (Å²) >= 11 is 1.75. The number of hydrogen-bond donors (Lipinski definition) is 1. The molecule has 0 aliphatic rings. The molecular formula is C10H14O3S. The van der Waals surface area contributed by atoms with Crippen LogP contribution in [0.1, 0.15) is 30.0 Å². The van der Waals surface area contributed by atoms with Gasteiger partial charge in [0.15, 0.2) is 0 Å². The second kappa shape index (κ2) is 5.10. The Morgan fingerprint density at radius 2 is 2.36 bits per heavy atom. The summed E-state index contributed by atoms with van der Waals surface area (Å²) < 4.78 is 5.11. The smallest absolute Gasteiger partial charge is 0.338 e. The van der Waals surface area contributed by atoms with Gasteiger partial charge in [-0.2, -0.15) is 11.8 Å². The minimum atomic E-state index is -0.936. The van der Waals surface area contributed by atoms with Gasteiger partial charge in [-0.05, 0) is 17.7 Å². The highest BCUT2D eigenvalue weighted by atomic mass is 32.2. The fourth-order valence-corrected chi connectivity index (χ4v) is 1.91. The van der Waals surface area contributed by atoms with Crippen molar-refractivity contribution in [2.45, 2.75) is 19.6 Å². The van der Waals surface area contributed by atoms with E-state index in [1.807, 2.05) is 0 Å². The van der Waals surface area contributed by atoms with E-state index >= 15 is 0 Å². The van der Waals surface area contributed by atoms with E-state index in [1.54, 1.807) is 17.8 Å². The molecule has 0 unspecified atom stereocenters.